The van der Waals surface area contributed by atoms with Crippen molar-refractivity contribution in [3.8, 4) is 11.5 Å². The lowest BCUT2D eigenvalue weighted by Gasteiger charge is -2.39. The molecule has 7 nitrogen and oxygen atoms in total. The zero-order chi connectivity index (χ0) is 17.4. The Kier molecular flexibility index (Phi) is 4.13. The molecule has 0 aliphatic carbocycles. The maximum Gasteiger partial charge on any atom is 0.162 e. The predicted molar refractivity (Wildman–Crippen MR) is 96.9 cm³/mol. The first-order valence-corrected chi connectivity index (χ1v) is 8.75. The van der Waals surface area contributed by atoms with Gasteiger partial charge < -0.3 is 14.4 Å². The summed E-state index contributed by atoms with van der Waals surface area (Å²) in [5, 5.41) is 2.97. The largest absolute Gasteiger partial charge is 0.493 e. The maximum atomic E-state index is 5.99. The Morgan fingerprint density at radius 1 is 1.00 bits per heavy atom. The van der Waals surface area contributed by atoms with Gasteiger partial charge in [-0.1, -0.05) is 0 Å². The highest BCUT2D eigenvalue weighted by Gasteiger charge is 2.40. The monoisotopic (exact) mass is 343 g/mol. The van der Waals surface area contributed by atoms with Crippen molar-refractivity contribution in [2.45, 2.75) is 19.3 Å². The van der Waals surface area contributed by atoms with Gasteiger partial charge in [-0.3, -0.25) is 5.84 Å². The van der Waals surface area contributed by atoms with Crippen molar-refractivity contribution < 1.29 is 9.47 Å². The van der Waals surface area contributed by atoms with Crippen molar-refractivity contribution in [2.75, 3.05) is 45.3 Å². The normalized spacial score (nSPS) is 20.4. The van der Waals surface area contributed by atoms with Crippen LogP contribution >= 0.6 is 0 Å². The van der Waals surface area contributed by atoms with Gasteiger partial charge in [0.25, 0.3) is 0 Å². The maximum absolute atomic E-state index is 5.99. The molecule has 25 heavy (non-hydrogen) atoms. The molecule has 2 aromatic rings. The molecule has 2 aliphatic heterocycles. The van der Waals surface area contributed by atoms with E-state index >= 15 is 0 Å². The number of benzene rings is 1. The standard InChI is InChI=1S/C18H25N5O2/c1-24-15-9-13-14(10-16(15)25-2)20-12-21-17(13)22-6-3-18(4-7-22)5-8-23(19)11-18/h9-10,12H,3-8,11,19H2,1-2H3. The van der Waals surface area contributed by atoms with E-state index in [-0.39, 0.29) is 0 Å². The van der Waals surface area contributed by atoms with Crippen LogP contribution in [0.4, 0.5) is 5.82 Å². The zero-order valence-corrected chi connectivity index (χ0v) is 14.9. The fraction of sp³-hybridized carbons (Fsp3) is 0.556. The number of aromatic nitrogens is 2. The molecule has 0 bridgehead atoms. The molecule has 0 unspecified atom stereocenters. The van der Waals surface area contributed by atoms with Crippen LogP contribution in [0, 0.1) is 5.41 Å². The molecule has 2 fully saturated rings. The van der Waals surface area contributed by atoms with Gasteiger partial charge >= 0.3 is 0 Å². The van der Waals surface area contributed by atoms with E-state index in [1.54, 1.807) is 20.5 Å². The number of nitrogens with zero attached hydrogens (tertiary/aromatic N) is 4. The van der Waals surface area contributed by atoms with E-state index in [4.69, 9.17) is 15.3 Å². The SMILES string of the molecule is COc1cc2ncnc(N3CCC4(CCN(N)C4)CC3)c2cc1OC. The second-order valence-corrected chi connectivity index (χ2v) is 7.13. The summed E-state index contributed by atoms with van der Waals surface area (Å²) in [5.74, 6) is 8.36. The highest BCUT2D eigenvalue weighted by molar-refractivity contribution is 5.92. The number of methoxy groups -OCH3 is 2. The third-order valence-corrected chi connectivity index (χ3v) is 5.71. The van der Waals surface area contributed by atoms with E-state index in [1.807, 2.05) is 17.1 Å². The minimum Gasteiger partial charge on any atom is -0.493 e. The predicted octanol–water partition coefficient (Wildman–Crippen LogP) is 1.81. The Labute approximate surface area is 147 Å². The van der Waals surface area contributed by atoms with Crippen LogP contribution < -0.4 is 20.2 Å². The van der Waals surface area contributed by atoms with Crippen LogP contribution in [-0.2, 0) is 0 Å². The van der Waals surface area contributed by atoms with Crippen LogP contribution in [0.25, 0.3) is 10.9 Å². The van der Waals surface area contributed by atoms with Crippen molar-refractivity contribution >= 4 is 16.7 Å². The molecule has 7 heteroatoms. The smallest absolute Gasteiger partial charge is 0.162 e. The van der Waals surface area contributed by atoms with Crippen LogP contribution in [-0.4, -0.2) is 55.4 Å². The number of hydrogen-bond acceptors (Lipinski definition) is 7. The number of ether oxygens (including phenoxy) is 2. The van der Waals surface area contributed by atoms with Crippen molar-refractivity contribution in [1.82, 2.24) is 15.0 Å². The van der Waals surface area contributed by atoms with Crippen LogP contribution in [0.5, 0.6) is 11.5 Å². The minimum atomic E-state index is 0.384. The molecule has 0 atom stereocenters. The molecule has 2 aliphatic rings. The van der Waals surface area contributed by atoms with Crippen molar-refractivity contribution in [1.29, 1.82) is 0 Å². The molecule has 1 aromatic carbocycles. The van der Waals surface area contributed by atoms with E-state index in [2.05, 4.69) is 14.9 Å². The van der Waals surface area contributed by atoms with Gasteiger partial charge in [-0.05, 0) is 30.7 Å². The first-order valence-electron chi connectivity index (χ1n) is 8.75. The van der Waals surface area contributed by atoms with Crippen LogP contribution in [0.3, 0.4) is 0 Å². The molecule has 2 saturated heterocycles. The Morgan fingerprint density at radius 2 is 1.68 bits per heavy atom. The average Bonchev–Trinajstić information content (AvgIpc) is 3.01. The fourth-order valence-electron chi connectivity index (χ4n) is 4.19. The Bertz CT molecular complexity index is 773. The molecular weight excluding hydrogens is 318 g/mol. The molecule has 0 amide bonds. The van der Waals surface area contributed by atoms with Gasteiger partial charge in [-0.15, -0.1) is 0 Å². The van der Waals surface area contributed by atoms with E-state index in [9.17, 15) is 0 Å². The van der Waals surface area contributed by atoms with Crippen molar-refractivity contribution in [2.24, 2.45) is 11.3 Å². The number of anilines is 1. The molecular formula is C18H25N5O2. The van der Waals surface area contributed by atoms with Crippen LogP contribution in [0.1, 0.15) is 19.3 Å². The molecule has 4 rings (SSSR count). The number of nitrogens with two attached hydrogens (primary N) is 1. The van der Waals surface area contributed by atoms with E-state index in [0.29, 0.717) is 16.9 Å². The highest BCUT2D eigenvalue weighted by atomic mass is 16.5. The number of hydrogen-bond donors (Lipinski definition) is 1. The molecule has 2 N–H and O–H groups in total. The molecule has 134 valence electrons. The minimum absolute atomic E-state index is 0.384. The summed E-state index contributed by atoms with van der Waals surface area (Å²) in [6.07, 6.45) is 5.14. The first-order chi connectivity index (χ1) is 12.1. The Hall–Kier alpha value is -2.12. The third kappa shape index (κ3) is 2.87. The summed E-state index contributed by atoms with van der Waals surface area (Å²) in [6.45, 7) is 4.01. The van der Waals surface area contributed by atoms with Gasteiger partial charge in [0, 0.05) is 37.6 Å². The summed E-state index contributed by atoms with van der Waals surface area (Å²) >= 11 is 0. The lowest BCUT2D eigenvalue weighted by atomic mass is 9.78. The van der Waals surface area contributed by atoms with Gasteiger partial charge in [-0.2, -0.15) is 0 Å². The summed E-state index contributed by atoms with van der Waals surface area (Å²) in [6, 6.07) is 3.89. The zero-order valence-electron chi connectivity index (χ0n) is 14.9. The second kappa shape index (κ2) is 6.31. The Morgan fingerprint density at radius 3 is 2.32 bits per heavy atom. The molecule has 0 radical (unpaired) electrons. The number of rotatable bonds is 3. The lowest BCUT2D eigenvalue weighted by molar-refractivity contribution is 0.211. The summed E-state index contributed by atoms with van der Waals surface area (Å²) < 4.78 is 10.8. The number of fused-ring (bicyclic) bond motifs is 1. The van der Waals surface area contributed by atoms with Crippen molar-refractivity contribution in [3.63, 3.8) is 0 Å². The van der Waals surface area contributed by atoms with Gasteiger partial charge in [0.2, 0.25) is 0 Å². The summed E-state index contributed by atoms with van der Waals surface area (Å²) in [5.41, 5.74) is 1.26. The topological polar surface area (TPSA) is 76.7 Å². The average molecular weight is 343 g/mol. The van der Waals surface area contributed by atoms with Crippen LogP contribution in [0.2, 0.25) is 0 Å². The van der Waals surface area contributed by atoms with Gasteiger partial charge in [0.15, 0.2) is 11.5 Å². The lowest BCUT2D eigenvalue weighted by Crippen LogP contribution is -2.42. The molecule has 1 spiro atoms. The van der Waals surface area contributed by atoms with Crippen LogP contribution in [0.15, 0.2) is 18.5 Å². The molecule has 1 aromatic heterocycles. The van der Waals surface area contributed by atoms with E-state index in [0.717, 1.165) is 55.7 Å². The molecule has 0 saturated carbocycles. The molecule has 3 heterocycles. The van der Waals surface area contributed by atoms with E-state index < -0.39 is 0 Å². The van der Waals surface area contributed by atoms with E-state index in [1.165, 1.54) is 6.42 Å². The Balaban J connectivity index is 1.63. The third-order valence-electron chi connectivity index (χ3n) is 5.71. The van der Waals surface area contributed by atoms with Crippen molar-refractivity contribution in [3.05, 3.63) is 18.5 Å². The fourth-order valence-corrected chi connectivity index (χ4v) is 4.19. The first kappa shape index (κ1) is 16.4. The highest BCUT2D eigenvalue weighted by Crippen LogP contribution is 2.41. The number of hydrazine groups is 1. The second-order valence-electron chi connectivity index (χ2n) is 7.13. The summed E-state index contributed by atoms with van der Waals surface area (Å²) in [7, 11) is 3.29. The van der Waals surface area contributed by atoms with Gasteiger partial charge in [-0.25, -0.2) is 15.0 Å². The quantitative estimate of drug-likeness (QED) is 0.852. The van der Waals surface area contributed by atoms with Gasteiger partial charge in [0.1, 0.15) is 12.1 Å². The van der Waals surface area contributed by atoms with Gasteiger partial charge in [0.05, 0.1) is 19.7 Å². The summed E-state index contributed by atoms with van der Waals surface area (Å²) in [4.78, 5) is 11.3. The number of piperidine rings is 1.